The van der Waals surface area contributed by atoms with Crippen LogP contribution in [0, 0.1) is 6.92 Å². The second-order valence-corrected chi connectivity index (χ2v) is 10.7. The van der Waals surface area contributed by atoms with Crippen molar-refractivity contribution < 1.29 is 0 Å². The molecule has 0 N–H and O–H groups in total. The van der Waals surface area contributed by atoms with Crippen LogP contribution >= 0.6 is 0 Å². The minimum atomic E-state index is 0.143. The maximum Gasteiger partial charge on any atom is -0.00261 e. The van der Waals surface area contributed by atoms with E-state index in [-0.39, 0.29) is 5.41 Å². The first-order chi connectivity index (χ1) is 16.9. The average molecular weight is 451 g/mol. The van der Waals surface area contributed by atoms with E-state index in [2.05, 4.69) is 137 Å². The second kappa shape index (κ2) is 8.10. The van der Waals surface area contributed by atoms with E-state index in [1.807, 2.05) is 0 Å². The van der Waals surface area contributed by atoms with Crippen LogP contribution in [0.3, 0.4) is 0 Å². The average Bonchev–Trinajstić information content (AvgIpc) is 2.86. The third-order valence-corrected chi connectivity index (χ3v) is 7.24. The normalized spacial score (nSPS) is 12.0. The van der Waals surface area contributed by atoms with Crippen molar-refractivity contribution in [3.05, 3.63) is 120 Å². The zero-order valence-electron chi connectivity index (χ0n) is 20.9. The summed E-state index contributed by atoms with van der Waals surface area (Å²) in [6, 6.07) is 40.5. The van der Waals surface area contributed by atoms with Crippen LogP contribution in [-0.2, 0) is 5.41 Å². The largest absolute Gasteiger partial charge is 0.0622 e. The van der Waals surface area contributed by atoms with E-state index in [4.69, 9.17) is 0 Å². The fourth-order valence-corrected chi connectivity index (χ4v) is 5.39. The Morgan fingerprint density at radius 2 is 1.06 bits per heavy atom. The molecule has 0 heterocycles. The molecule has 0 aliphatic carbocycles. The Morgan fingerprint density at radius 3 is 1.77 bits per heavy atom. The van der Waals surface area contributed by atoms with Gasteiger partial charge in [-0.25, -0.2) is 0 Å². The highest BCUT2D eigenvalue weighted by molar-refractivity contribution is 6.21. The zero-order chi connectivity index (χ0) is 24.2. The van der Waals surface area contributed by atoms with Crippen LogP contribution in [0.1, 0.15) is 31.9 Å². The van der Waals surface area contributed by atoms with E-state index in [0.29, 0.717) is 0 Å². The predicted octanol–water partition coefficient (Wildman–Crippen LogP) is 10.1. The van der Waals surface area contributed by atoms with Crippen molar-refractivity contribution in [1.29, 1.82) is 0 Å². The first-order valence-corrected chi connectivity index (χ1v) is 12.5. The molecule has 0 unspecified atom stereocenters. The maximum atomic E-state index is 2.37. The van der Waals surface area contributed by atoms with Gasteiger partial charge in [0.2, 0.25) is 0 Å². The smallest absolute Gasteiger partial charge is 0.00261 e. The number of hydrogen-bond donors (Lipinski definition) is 0. The van der Waals surface area contributed by atoms with Crippen molar-refractivity contribution in [2.45, 2.75) is 33.1 Å². The van der Waals surface area contributed by atoms with Gasteiger partial charge in [0.25, 0.3) is 0 Å². The molecule has 6 aromatic carbocycles. The molecule has 170 valence electrons. The fraction of sp³-hybridized carbons (Fsp3) is 0.143. The van der Waals surface area contributed by atoms with Gasteiger partial charge in [0, 0.05) is 0 Å². The van der Waals surface area contributed by atoms with E-state index >= 15 is 0 Å². The van der Waals surface area contributed by atoms with Crippen molar-refractivity contribution in [2.75, 3.05) is 0 Å². The van der Waals surface area contributed by atoms with Gasteiger partial charge in [-0.2, -0.15) is 0 Å². The fourth-order valence-electron chi connectivity index (χ4n) is 5.39. The van der Waals surface area contributed by atoms with Crippen molar-refractivity contribution in [2.24, 2.45) is 0 Å². The van der Waals surface area contributed by atoms with Gasteiger partial charge >= 0.3 is 0 Å². The molecule has 0 fully saturated rings. The molecule has 0 spiro atoms. The molecular weight excluding hydrogens is 420 g/mol. The number of aryl methyl sites for hydroxylation is 1. The molecule has 35 heavy (non-hydrogen) atoms. The van der Waals surface area contributed by atoms with E-state index in [1.54, 1.807) is 0 Å². The van der Waals surface area contributed by atoms with E-state index in [1.165, 1.54) is 65.7 Å². The Morgan fingerprint density at radius 1 is 0.457 bits per heavy atom. The Labute approximate surface area is 207 Å². The summed E-state index contributed by atoms with van der Waals surface area (Å²) in [5, 5.41) is 7.80. The molecule has 0 aliphatic heterocycles. The summed E-state index contributed by atoms with van der Waals surface area (Å²) in [6.07, 6.45) is 0. The quantitative estimate of drug-likeness (QED) is 0.230. The zero-order valence-corrected chi connectivity index (χ0v) is 20.9. The number of hydrogen-bond acceptors (Lipinski definition) is 0. The standard InChI is InChI=1S/C35H30/c1-23-14-19-31-32(20-23)34(27-16-15-26-22-28(35(2,3)4)18-17-25(26)21-27)30-13-9-8-12-29(30)33(31)24-10-6-5-7-11-24/h5-22H,1-4H3. The molecule has 0 bridgehead atoms. The van der Waals surface area contributed by atoms with Gasteiger partial charge in [0.1, 0.15) is 0 Å². The third kappa shape index (κ3) is 3.70. The molecule has 0 heteroatoms. The van der Waals surface area contributed by atoms with Crippen molar-refractivity contribution in [1.82, 2.24) is 0 Å². The van der Waals surface area contributed by atoms with Gasteiger partial charge in [0.15, 0.2) is 0 Å². The highest BCUT2D eigenvalue weighted by Gasteiger charge is 2.18. The molecule has 0 aromatic heterocycles. The highest BCUT2D eigenvalue weighted by atomic mass is 14.2. The van der Waals surface area contributed by atoms with Gasteiger partial charge in [-0.3, -0.25) is 0 Å². The minimum Gasteiger partial charge on any atom is -0.0622 e. The second-order valence-electron chi connectivity index (χ2n) is 10.7. The van der Waals surface area contributed by atoms with E-state index in [9.17, 15) is 0 Å². The van der Waals surface area contributed by atoms with Gasteiger partial charge in [0.05, 0.1) is 0 Å². The van der Waals surface area contributed by atoms with Crippen LogP contribution < -0.4 is 0 Å². The molecule has 6 aromatic rings. The van der Waals surface area contributed by atoms with Gasteiger partial charge < -0.3 is 0 Å². The minimum absolute atomic E-state index is 0.143. The Balaban J connectivity index is 1.70. The van der Waals surface area contributed by atoms with Crippen LogP contribution in [0.25, 0.3) is 54.6 Å². The Bertz CT molecular complexity index is 1710. The maximum absolute atomic E-state index is 2.37. The summed E-state index contributed by atoms with van der Waals surface area (Å²) in [5.74, 6) is 0. The van der Waals surface area contributed by atoms with E-state index in [0.717, 1.165) is 0 Å². The van der Waals surface area contributed by atoms with Crippen LogP contribution in [0.4, 0.5) is 0 Å². The lowest BCUT2D eigenvalue weighted by molar-refractivity contribution is 0.591. The lowest BCUT2D eigenvalue weighted by Crippen LogP contribution is -2.10. The van der Waals surface area contributed by atoms with Crippen molar-refractivity contribution in [3.8, 4) is 22.3 Å². The first-order valence-electron chi connectivity index (χ1n) is 12.5. The SMILES string of the molecule is Cc1ccc2c(-c3ccccc3)c3ccccc3c(-c3ccc4cc(C(C)(C)C)ccc4c3)c2c1. The monoisotopic (exact) mass is 450 g/mol. The number of rotatable bonds is 2. The molecule has 6 rings (SSSR count). The Kier molecular flexibility index (Phi) is 5.00. The summed E-state index contributed by atoms with van der Waals surface area (Å²) in [4.78, 5) is 0. The molecular formula is C35H30. The first kappa shape index (κ1) is 21.6. The topological polar surface area (TPSA) is 0 Å². The van der Waals surface area contributed by atoms with Gasteiger partial charge in [-0.1, -0.05) is 129 Å². The van der Waals surface area contributed by atoms with Crippen molar-refractivity contribution >= 4 is 32.3 Å². The lowest BCUT2D eigenvalue weighted by atomic mass is 9.84. The summed E-state index contributed by atoms with van der Waals surface area (Å²) in [5.41, 5.74) is 7.96. The van der Waals surface area contributed by atoms with Crippen molar-refractivity contribution in [3.63, 3.8) is 0 Å². The predicted molar refractivity (Wildman–Crippen MR) is 153 cm³/mol. The van der Waals surface area contributed by atoms with Crippen LogP contribution in [0.2, 0.25) is 0 Å². The van der Waals surface area contributed by atoms with Crippen LogP contribution in [0.15, 0.2) is 109 Å². The lowest BCUT2D eigenvalue weighted by Gasteiger charge is -2.20. The molecule has 0 saturated carbocycles. The summed E-state index contributed by atoms with van der Waals surface area (Å²) in [7, 11) is 0. The number of fused-ring (bicyclic) bond motifs is 3. The van der Waals surface area contributed by atoms with Crippen LogP contribution in [0.5, 0.6) is 0 Å². The molecule has 0 nitrogen and oxygen atoms in total. The van der Waals surface area contributed by atoms with Gasteiger partial charge in [-0.05, 0) is 78.5 Å². The molecule has 0 radical (unpaired) electrons. The molecule has 0 saturated heterocycles. The summed E-state index contributed by atoms with van der Waals surface area (Å²) >= 11 is 0. The molecule has 0 amide bonds. The summed E-state index contributed by atoms with van der Waals surface area (Å²) in [6.45, 7) is 9.02. The summed E-state index contributed by atoms with van der Waals surface area (Å²) < 4.78 is 0. The highest BCUT2D eigenvalue weighted by Crippen LogP contribution is 2.44. The third-order valence-electron chi connectivity index (χ3n) is 7.24. The van der Waals surface area contributed by atoms with Crippen LogP contribution in [-0.4, -0.2) is 0 Å². The Hall–Kier alpha value is -3.90. The van der Waals surface area contributed by atoms with Gasteiger partial charge in [-0.15, -0.1) is 0 Å². The number of benzene rings is 6. The molecule has 0 atom stereocenters. The molecule has 0 aliphatic rings. The van der Waals surface area contributed by atoms with E-state index < -0.39 is 0 Å².